The second-order valence-corrected chi connectivity index (χ2v) is 4.87. The third kappa shape index (κ3) is 17.5. The molecule has 1 aromatic rings. The van der Waals surface area contributed by atoms with Gasteiger partial charge in [-0.15, -0.1) is 0 Å². The van der Waals surface area contributed by atoms with E-state index in [1.807, 2.05) is 26.0 Å². The number of rotatable bonds is 4. The van der Waals surface area contributed by atoms with Crippen LogP contribution in [0.15, 0.2) is 41.0 Å². The van der Waals surface area contributed by atoms with Gasteiger partial charge in [0.25, 0.3) is 5.97 Å². The molecular formula is C17H31N5O2. The van der Waals surface area contributed by atoms with Gasteiger partial charge in [-0.05, 0) is 37.9 Å². The van der Waals surface area contributed by atoms with E-state index in [2.05, 4.69) is 28.5 Å². The minimum Gasteiger partial charge on any atom is -0.481 e. The number of guanidine groups is 1. The summed E-state index contributed by atoms with van der Waals surface area (Å²) >= 11 is 0. The minimum absolute atomic E-state index is 0.458. The first-order valence-electron chi connectivity index (χ1n) is 7.58. The Bertz CT molecular complexity index is 519. The molecule has 0 heterocycles. The Morgan fingerprint density at radius 2 is 1.79 bits per heavy atom. The Balaban J connectivity index is 0. The maximum absolute atomic E-state index is 9.00. The molecule has 0 spiro atoms. The summed E-state index contributed by atoms with van der Waals surface area (Å²) in [5, 5.41) is 10.4. The van der Waals surface area contributed by atoms with Crippen molar-refractivity contribution < 1.29 is 9.90 Å². The molecule has 8 N–H and O–H groups in total. The predicted octanol–water partition coefficient (Wildman–Crippen LogP) is 1.18. The van der Waals surface area contributed by atoms with Gasteiger partial charge >= 0.3 is 0 Å². The third-order valence-corrected chi connectivity index (χ3v) is 2.59. The highest BCUT2D eigenvalue weighted by molar-refractivity contribution is 5.77. The highest BCUT2D eigenvalue weighted by Gasteiger charge is 1.96. The zero-order valence-electron chi connectivity index (χ0n) is 15.0. The van der Waals surface area contributed by atoms with E-state index >= 15 is 0 Å². The van der Waals surface area contributed by atoms with Gasteiger partial charge in [-0.2, -0.15) is 0 Å². The number of nitrogens with two attached hydrogens (primary N) is 3. The fourth-order valence-electron chi connectivity index (χ4n) is 1.33. The van der Waals surface area contributed by atoms with Gasteiger partial charge in [0.05, 0.1) is 0 Å². The Hall–Kier alpha value is -2.54. The molecule has 1 rings (SSSR count). The van der Waals surface area contributed by atoms with Crippen LogP contribution in [0.25, 0.3) is 0 Å². The summed E-state index contributed by atoms with van der Waals surface area (Å²) < 4.78 is 0. The van der Waals surface area contributed by atoms with E-state index in [1.54, 1.807) is 7.05 Å². The number of benzene rings is 1. The number of hydrogen-bond acceptors (Lipinski definition) is 4. The molecule has 0 saturated carbocycles. The van der Waals surface area contributed by atoms with Crippen molar-refractivity contribution in [3.05, 3.63) is 47.2 Å². The van der Waals surface area contributed by atoms with Crippen molar-refractivity contribution in [3.8, 4) is 0 Å². The quantitative estimate of drug-likeness (QED) is 0.413. The van der Waals surface area contributed by atoms with Gasteiger partial charge in [0.2, 0.25) is 0 Å². The lowest BCUT2D eigenvalue weighted by Crippen LogP contribution is -2.30. The van der Waals surface area contributed by atoms with Crippen molar-refractivity contribution in [2.24, 2.45) is 22.2 Å². The van der Waals surface area contributed by atoms with Crippen LogP contribution in [-0.2, 0) is 17.8 Å². The lowest BCUT2D eigenvalue weighted by molar-refractivity contribution is -0.134. The molecule has 24 heavy (non-hydrogen) atoms. The number of hydrogen-bond donors (Lipinski definition) is 5. The normalized spacial score (nSPS) is 10.7. The first-order valence-corrected chi connectivity index (χ1v) is 7.58. The smallest absolute Gasteiger partial charge is 0.300 e. The second kappa shape index (κ2) is 15.4. The van der Waals surface area contributed by atoms with Crippen molar-refractivity contribution in [2.45, 2.75) is 33.7 Å². The summed E-state index contributed by atoms with van der Waals surface area (Å²) in [6.07, 6.45) is 2.77. The first-order chi connectivity index (χ1) is 11.3. The van der Waals surface area contributed by atoms with E-state index in [0.29, 0.717) is 19.0 Å². The van der Waals surface area contributed by atoms with E-state index in [9.17, 15) is 0 Å². The number of carboxylic acids is 1. The lowest BCUT2D eigenvalue weighted by Gasteiger charge is -2.06. The van der Waals surface area contributed by atoms with Crippen molar-refractivity contribution >= 4 is 11.9 Å². The fraction of sp³-hybridized carbons (Fsp3) is 0.412. The van der Waals surface area contributed by atoms with Gasteiger partial charge in [-0.3, -0.25) is 9.79 Å². The van der Waals surface area contributed by atoms with Crippen LogP contribution in [0, 0.1) is 0 Å². The molecule has 7 heteroatoms. The monoisotopic (exact) mass is 337 g/mol. The van der Waals surface area contributed by atoms with Crippen LogP contribution in [-0.4, -0.2) is 30.6 Å². The molecule has 0 atom stereocenters. The summed E-state index contributed by atoms with van der Waals surface area (Å²) in [6.45, 7) is 6.23. The van der Waals surface area contributed by atoms with Crippen LogP contribution in [0.4, 0.5) is 0 Å². The van der Waals surface area contributed by atoms with Crippen molar-refractivity contribution in [1.29, 1.82) is 0 Å². The van der Waals surface area contributed by atoms with Crippen molar-refractivity contribution in [2.75, 3.05) is 13.6 Å². The number of allylic oxidation sites excluding steroid dienone is 2. The average molecular weight is 337 g/mol. The maximum Gasteiger partial charge on any atom is 0.300 e. The summed E-state index contributed by atoms with van der Waals surface area (Å²) in [4.78, 5) is 12.8. The van der Waals surface area contributed by atoms with Gasteiger partial charge in [0.1, 0.15) is 0 Å². The number of carboxylic acid groups (broad SMARTS) is 1. The van der Waals surface area contributed by atoms with Crippen molar-refractivity contribution in [3.63, 3.8) is 0 Å². The lowest BCUT2D eigenvalue weighted by atomic mass is 10.1. The number of aliphatic imine (C=N–C) groups is 1. The molecule has 0 amide bonds. The predicted molar refractivity (Wildman–Crippen MR) is 101 cm³/mol. The van der Waals surface area contributed by atoms with Crippen LogP contribution in [0.3, 0.4) is 0 Å². The standard InChI is InChI=1S/C11H18N4.C4H9N.C2H4O2/c1-14-11(13)15-8-10-4-2-3-9(7-10)5-6-12;1-3-4(2)5;1-2(3)4/h2-4,7H,5-6,8,12H2,1H3,(H3,13,14,15);3H,5H2,1-2H3;1H3,(H,3,4)/b;4-3-;. The number of nitrogens with one attached hydrogen (secondary N) is 1. The van der Waals surface area contributed by atoms with Gasteiger partial charge in [0.15, 0.2) is 5.96 Å². The van der Waals surface area contributed by atoms with Gasteiger partial charge in [-0.1, -0.05) is 30.3 Å². The Labute approximate surface area is 144 Å². The van der Waals surface area contributed by atoms with E-state index in [0.717, 1.165) is 19.0 Å². The Kier molecular flexibility index (Phi) is 15.2. The van der Waals surface area contributed by atoms with E-state index in [1.165, 1.54) is 11.1 Å². The highest BCUT2D eigenvalue weighted by Crippen LogP contribution is 2.05. The van der Waals surface area contributed by atoms with Crippen LogP contribution in [0.5, 0.6) is 0 Å². The summed E-state index contributed by atoms with van der Waals surface area (Å²) in [6, 6.07) is 8.29. The van der Waals surface area contributed by atoms with E-state index in [4.69, 9.17) is 27.1 Å². The summed E-state index contributed by atoms with van der Waals surface area (Å²) in [5.41, 5.74) is 19.5. The topological polar surface area (TPSA) is 140 Å². The zero-order valence-corrected chi connectivity index (χ0v) is 15.0. The molecule has 0 aliphatic carbocycles. The molecule has 0 unspecified atom stereocenters. The van der Waals surface area contributed by atoms with E-state index < -0.39 is 5.97 Å². The van der Waals surface area contributed by atoms with Gasteiger partial charge < -0.3 is 27.6 Å². The molecule has 0 fully saturated rings. The minimum atomic E-state index is -0.833. The maximum atomic E-state index is 9.00. The number of carbonyl (C=O) groups is 1. The molecule has 0 saturated heterocycles. The molecular weight excluding hydrogens is 306 g/mol. The second-order valence-electron chi connectivity index (χ2n) is 4.87. The molecule has 0 aliphatic heterocycles. The Morgan fingerprint density at radius 3 is 2.21 bits per heavy atom. The molecule has 0 aromatic heterocycles. The van der Waals surface area contributed by atoms with Crippen LogP contribution in [0.2, 0.25) is 0 Å². The third-order valence-electron chi connectivity index (χ3n) is 2.59. The molecule has 136 valence electrons. The van der Waals surface area contributed by atoms with Gasteiger partial charge in [0, 0.05) is 26.2 Å². The summed E-state index contributed by atoms with van der Waals surface area (Å²) in [5.74, 6) is -0.376. The van der Waals surface area contributed by atoms with Crippen molar-refractivity contribution in [1.82, 2.24) is 5.32 Å². The number of nitrogens with zero attached hydrogens (tertiary/aromatic N) is 1. The SMILES string of the molecule is C/C=C(/C)N.CC(=O)O.CN=C(N)NCc1cccc(CCN)c1. The van der Waals surface area contributed by atoms with Crippen LogP contribution in [0.1, 0.15) is 31.9 Å². The molecule has 0 radical (unpaired) electrons. The Morgan fingerprint density at radius 1 is 1.29 bits per heavy atom. The molecule has 7 nitrogen and oxygen atoms in total. The van der Waals surface area contributed by atoms with Crippen LogP contribution < -0.4 is 22.5 Å². The first kappa shape index (κ1) is 23.7. The number of aliphatic carboxylic acids is 1. The van der Waals surface area contributed by atoms with E-state index in [-0.39, 0.29) is 0 Å². The molecule has 1 aromatic carbocycles. The molecule has 0 bridgehead atoms. The largest absolute Gasteiger partial charge is 0.481 e. The van der Waals surface area contributed by atoms with Crippen LogP contribution >= 0.6 is 0 Å². The van der Waals surface area contributed by atoms with Gasteiger partial charge in [-0.25, -0.2) is 0 Å². The molecule has 0 aliphatic rings. The summed E-state index contributed by atoms with van der Waals surface area (Å²) in [7, 11) is 1.66. The highest BCUT2D eigenvalue weighted by atomic mass is 16.4. The zero-order chi connectivity index (χ0) is 19.0. The average Bonchev–Trinajstić information content (AvgIpc) is 2.53. The fourth-order valence-corrected chi connectivity index (χ4v) is 1.33.